The first-order valence-corrected chi connectivity index (χ1v) is 15.5. The molecule has 1 fully saturated rings. The fourth-order valence-electron chi connectivity index (χ4n) is 5.42. The van der Waals surface area contributed by atoms with Gasteiger partial charge in [-0.1, -0.05) is 67.2 Å². The predicted molar refractivity (Wildman–Crippen MR) is 173 cm³/mol. The van der Waals surface area contributed by atoms with Crippen LogP contribution in [0.1, 0.15) is 73.6 Å². The van der Waals surface area contributed by atoms with Crippen molar-refractivity contribution in [1.82, 2.24) is 30.6 Å². The maximum Gasteiger partial charge on any atom is 0.291 e. The number of hydrogen-bond acceptors (Lipinski definition) is 8. The maximum absolute atomic E-state index is 13.3. The SMILES string of the molecule is CCCC(NC(=O)C(C#N)=Cc1ncncn1)c1cccc(-[n+]2cncc(C=C(C#N)C(=O)NC(c3ccccc3)C3CCC3)c2)c1. The Hall–Kier alpha value is -6.07. The van der Waals surface area contributed by atoms with Gasteiger partial charge in [-0.25, -0.2) is 19.5 Å². The van der Waals surface area contributed by atoms with E-state index in [0.29, 0.717) is 17.9 Å². The van der Waals surface area contributed by atoms with Crippen molar-refractivity contribution in [3.63, 3.8) is 0 Å². The van der Waals surface area contributed by atoms with Gasteiger partial charge in [0.25, 0.3) is 18.1 Å². The average molecular weight is 625 g/mol. The van der Waals surface area contributed by atoms with Crippen LogP contribution in [0.4, 0.5) is 0 Å². The molecule has 2 amide bonds. The van der Waals surface area contributed by atoms with Crippen LogP contribution in [0.2, 0.25) is 0 Å². The topological polar surface area (TPSA) is 161 Å². The van der Waals surface area contributed by atoms with Crippen LogP contribution in [0.3, 0.4) is 0 Å². The minimum atomic E-state index is -0.535. The molecule has 0 aliphatic heterocycles. The lowest BCUT2D eigenvalue weighted by Gasteiger charge is -2.34. The monoisotopic (exact) mass is 624 g/mol. The van der Waals surface area contributed by atoms with E-state index in [1.54, 1.807) is 23.3 Å². The zero-order chi connectivity index (χ0) is 33.0. The molecule has 2 heterocycles. The summed E-state index contributed by atoms with van der Waals surface area (Å²) in [5.41, 5.74) is 3.07. The highest BCUT2D eigenvalue weighted by atomic mass is 16.2. The maximum atomic E-state index is 13.3. The van der Waals surface area contributed by atoms with Gasteiger partial charge in [-0.3, -0.25) is 9.59 Å². The second kappa shape index (κ2) is 15.8. The predicted octanol–water partition coefficient (Wildman–Crippen LogP) is 4.67. The van der Waals surface area contributed by atoms with E-state index in [0.717, 1.165) is 42.5 Å². The highest BCUT2D eigenvalue weighted by Gasteiger charge is 2.30. The summed E-state index contributed by atoms with van der Waals surface area (Å²) in [7, 11) is 0. The molecular formula is C36H34N9O2+. The molecule has 11 nitrogen and oxygen atoms in total. The molecule has 2 aromatic carbocycles. The highest BCUT2D eigenvalue weighted by Crippen LogP contribution is 2.37. The number of nitrogens with zero attached hydrogens (tertiary/aromatic N) is 7. The second-order valence-corrected chi connectivity index (χ2v) is 11.2. The summed E-state index contributed by atoms with van der Waals surface area (Å²) in [6.45, 7) is 2.01. The largest absolute Gasteiger partial charge is 0.345 e. The van der Waals surface area contributed by atoms with Crippen LogP contribution in [0.15, 0.2) is 97.1 Å². The van der Waals surface area contributed by atoms with Crippen molar-refractivity contribution in [2.45, 2.75) is 51.1 Å². The summed E-state index contributed by atoms with van der Waals surface area (Å²) in [5.74, 6) is -0.407. The van der Waals surface area contributed by atoms with Gasteiger partial charge in [0.05, 0.1) is 17.6 Å². The van der Waals surface area contributed by atoms with Gasteiger partial charge in [-0.15, -0.1) is 0 Å². The van der Waals surface area contributed by atoms with Crippen LogP contribution in [0.5, 0.6) is 0 Å². The zero-order valence-electron chi connectivity index (χ0n) is 26.0. The number of aromatic nitrogens is 5. The zero-order valence-corrected chi connectivity index (χ0v) is 26.0. The Kier molecular flexibility index (Phi) is 10.9. The molecule has 2 atom stereocenters. The molecular weight excluding hydrogens is 590 g/mol. The van der Waals surface area contributed by atoms with Crippen molar-refractivity contribution in [3.05, 3.63) is 120 Å². The van der Waals surface area contributed by atoms with E-state index in [4.69, 9.17) is 0 Å². The Bertz CT molecular complexity index is 1860. The number of amides is 2. The smallest absolute Gasteiger partial charge is 0.291 e. The van der Waals surface area contributed by atoms with E-state index in [9.17, 15) is 20.1 Å². The summed E-state index contributed by atoms with van der Waals surface area (Å²) in [5, 5.41) is 25.6. The molecule has 2 N–H and O–H groups in total. The second-order valence-electron chi connectivity index (χ2n) is 11.2. The molecule has 1 aliphatic carbocycles. The standard InChI is InChI=1S/C36H33N9O2/c1-2-8-32(43-35(46)30(19-38)17-33-41-22-40-23-42-33)28-13-7-14-31(16-28)45-21-25(20-39-24-45)15-29(18-37)36(47)44-34(27-11-6-12-27)26-9-4-3-5-10-26/h3-5,7,9-10,13-17,20-24,27,32,34H,2,6,8,11-12H2,1H3,(H-,43,44,46,47)/p+1. The summed E-state index contributed by atoms with van der Waals surface area (Å²) in [4.78, 5) is 42.4. The van der Waals surface area contributed by atoms with Gasteiger partial charge in [-0.2, -0.15) is 10.5 Å². The fourth-order valence-corrected chi connectivity index (χ4v) is 5.42. The molecule has 2 unspecified atom stereocenters. The minimum Gasteiger partial charge on any atom is -0.345 e. The van der Waals surface area contributed by atoms with Crippen LogP contribution in [0.25, 0.3) is 17.8 Å². The third-order valence-electron chi connectivity index (χ3n) is 8.05. The molecule has 0 saturated heterocycles. The first-order chi connectivity index (χ1) is 23.0. The minimum absolute atomic E-state index is 0.0113. The summed E-state index contributed by atoms with van der Waals surface area (Å²) in [6.07, 6.45) is 15.1. The molecule has 5 rings (SSSR count). The number of hydrogen-bond donors (Lipinski definition) is 2. The molecule has 0 radical (unpaired) electrons. The Labute approximate surface area is 273 Å². The summed E-state index contributed by atoms with van der Waals surface area (Å²) in [6, 6.07) is 20.9. The molecule has 0 bridgehead atoms. The van der Waals surface area contributed by atoms with E-state index in [1.165, 1.54) is 24.8 Å². The van der Waals surface area contributed by atoms with Gasteiger partial charge >= 0.3 is 0 Å². The molecule has 1 saturated carbocycles. The van der Waals surface area contributed by atoms with E-state index in [1.807, 2.05) is 67.6 Å². The van der Waals surface area contributed by atoms with Gasteiger partial charge < -0.3 is 10.6 Å². The van der Waals surface area contributed by atoms with Gasteiger partial charge in [0, 0.05) is 6.08 Å². The number of nitrogens with one attached hydrogen (secondary N) is 2. The van der Waals surface area contributed by atoms with Crippen LogP contribution in [-0.2, 0) is 9.59 Å². The number of benzene rings is 2. The molecule has 11 heteroatoms. The Morgan fingerprint density at radius 3 is 2.32 bits per heavy atom. The first kappa shape index (κ1) is 32.3. The van der Waals surface area contributed by atoms with Gasteiger partial charge in [0.1, 0.15) is 54.0 Å². The molecule has 4 aromatic rings. The van der Waals surface area contributed by atoms with Gasteiger partial charge in [0.2, 0.25) is 0 Å². The lowest BCUT2D eigenvalue weighted by atomic mass is 9.77. The summed E-state index contributed by atoms with van der Waals surface area (Å²) < 4.78 is 1.79. The Morgan fingerprint density at radius 1 is 0.936 bits per heavy atom. The van der Waals surface area contributed by atoms with E-state index in [-0.39, 0.29) is 29.1 Å². The number of carbonyl (C=O) groups excluding carboxylic acids is 2. The van der Waals surface area contributed by atoms with Crippen molar-refractivity contribution in [2.24, 2.45) is 5.92 Å². The molecule has 1 aliphatic rings. The van der Waals surface area contributed by atoms with Gasteiger partial charge in [-0.05, 0) is 54.5 Å². The van der Waals surface area contributed by atoms with E-state index < -0.39 is 11.8 Å². The molecule has 234 valence electrons. The number of carbonyl (C=O) groups is 2. The van der Waals surface area contributed by atoms with E-state index in [2.05, 4.69) is 36.6 Å². The van der Waals surface area contributed by atoms with Crippen LogP contribution in [0, 0.1) is 28.6 Å². The molecule has 0 spiro atoms. The fraction of sp³-hybridized carbons (Fsp3) is 0.250. The quantitative estimate of drug-likeness (QED) is 0.131. The first-order valence-electron chi connectivity index (χ1n) is 15.5. The number of nitriles is 2. The van der Waals surface area contributed by atoms with Crippen LogP contribution >= 0.6 is 0 Å². The van der Waals surface area contributed by atoms with Crippen LogP contribution < -0.4 is 15.2 Å². The highest BCUT2D eigenvalue weighted by molar-refractivity contribution is 6.02. The average Bonchev–Trinajstić information content (AvgIpc) is 3.09. The lowest BCUT2D eigenvalue weighted by Crippen LogP contribution is -2.36. The van der Waals surface area contributed by atoms with Crippen molar-refractivity contribution < 1.29 is 14.2 Å². The summed E-state index contributed by atoms with van der Waals surface area (Å²) >= 11 is 0. The van der Waals surface area contributed by atoms with Crippen molar-refractivity contribution >= 4 is 24.0 Å². The van der Waals surface area contributed by atoms with E-state index >= 15 is 0 Å². The Morgan fingerprint density at radius 2 is 1.64 bits per heavy atom. The molecule has 47 heavy (non-hydrogen) atoms. The van der Waals surface area contributed by atoms with Gasteiger partial charge in [0.15, 0.2) is 5.82 Å². The molecule has 2 aromatic heterocycles. The van der Waals surface area contributed by atoms with Crippen LogP contribution in [-0.4, -0.2) is 31.8 Å². The lowest BCUT2D eigenvalue weighted by molar-refractivity contribution is -0.599. The third-order valence-corrected chi connectivity index (χ3v) is 8.05. The van der Waals surface area contributed by atoms with Crippen molar-refractivity contribution in [2.75, 3.05) is 0 Å². The number of rotatable bonds is 12. The third kappa shape index (κ3) is 8.35. The van der Waals surface area contributed by atoms with Crippen molar-refractivity contribution in [1.29, 1.82) is 10.5 Å². The Balaban J connectivity index is 1.35. The normalized spacial score (nSPS) is 14.5. The van der Waals surface area contributed by atoms with Crippen molar-refractivity contribution in [3.8, 4) is 17.8 Å².